The van der Waals surface area contributed by atoms with E-state index in [1.165, 1.54) is 0 Å². The molecule has 0 radical (unpaired) electrons. The zero-order valence-corrected chi connectivity index (χ0v) is 12.3. The molecule has 7 N–H and O–H groups in total. The van der Waals surface area contributed by atoms with Gasteiger partial charge in [-0.2, -0.15) is 0 Å². The third-order valence-corrected chi connectivity index (χ3v) is 2.78. The van der Waals surface area contributed by atoms with Crippen molar-refractivity contribution in [2.24, 2.45) is 11.7 Å². The third kappa shape index (κ3) is 6.50. The first kappa shape index (κ1) is 19.8. The van der Waals surface area contributed by atoms with Gasteiger partial charge in [0.15, 0.2) is 0 Å². The lowest BCUT2D eigenvalue weighted by atomic mass is 10.0. The zero-order chi connectivity index (χ0) is 17.4. The summed E-state index contributed by atoms with van der Waals surface area (Å²) < 4.78 is 0. The monoisotopic (exact) mass is 319 g/mol. The molecule has 10 heteroatoms. The maximum Gasteiger partial charge on any atom is 0.326 e. The molecule has 2 amide bonds. The summed E-state index contributed by atoms with van der Waals surface area (Å²) in [6, 6.07) is -4.00. The lowest BCUT2D eigenvalue weighted by molar-refractivity contribution is -0.144. The fourth-order valence-corrected chi connectivity index (χ4v) is 1.52. The molecule has 0 aromatic rings. The van der Waals surface area contributed by atoms with Crippen molar-refractivity contribution in [3.05, 3.63) is 0 Å². The maximum atomic E-state index is 11.9. The van der Waals surface area contributed by atoms with Gasteiger partial charge in [-0.3, -0.25) is 14.4 Å². The second-order valence-corrected chi connectivity index (χ2v) is 5.02. The third-order valence-electron chi connectivity index (χ3n) is 2.78. The molecule has 0 aromatic carbocycles. The number of rotatable bonds is 9. The quantitative estimate of drug-likeness (QED) is 0.269. The van der Waals surface area contributed by atoms with Gasteiger partial charge < -0.3 is 31.7 Å². The highest BCUT2D eigenvalue weighted by Crippen LogP contribution is 2.02. The van der Waals surface area contributed by atoms with E-state index in [2.05, 4.69) is 10.6 Å². The Morgan fingerprint density at radius 1 is 1.05 bits per heavy atom. The number of hydrogen-bond donors (Lipinski definition) is 6. The van der Waals surface area contributed by atoms with Crippen LogP contribution < -0.4 is 16.4 Å². The van der Waals surface area contributed by atoms with Crippen LogP contribution in [0.2, 0.25) is 0 Å². The Balaban J connectivity index is 4.75. The first-order valence-electron chi connectivity index (χ1n) is 6.51. The first-order valence-corrected chi connectivity index (χ1v) is 6.51. The number of hydrogen-bond acceptors (Lipinski definition) is 6. The van der Waals surface area contributed by atoms with Crippen LogP contribution in [0.3, 0.4) is 0 Å². The highest BCUT2D eigenvalue weighted by atomic mass is 16.4. The van der Waals surface area contributed by atoms with E-state index in [-0.39, 0.29) is 0 Å². The van der Waals surface area contributed by atoms with Crippen LogP contribution in [0.1, 0.15) is 20.3 Å². The number of aliphatic hydroxyl groups is 1. The van der Waals surface area contributed by atoms with Crippen molar-refractivity contribution < 1.29 is 34.5 Å². The minimum absolute atomic E-state index is 0.411. The van der Waals surface area contributed by atoms with Crippen molar-refractivity contribution in [2.75, 3.05) is 6.61 Å². The van der Waals surface area contributed by atoms with Crippen molar-refractivity contribution in [3.8, 4) is 0 Å². The summed E-state index contributed by atoms with van der Waals surface area (Å²) in [6.45, 7) is 2.37. The predicted molar refractivity (Wildman–Crippen MR) is 73.6 cm³/mol. The summed E-state index contributed by atoms with van der Waals surface area (Å²) in [5.74, 6) is -4.80. The molecule has 0 heterocycles. The van der Waals surface area contributed by atoms with Crippen LogP contribution >= 0.6 is 0 Å². The number of carbonyl (C=O) groups is 4. The molecule has 0 rings (SSSR count). The number of carboxylic acids is 2. The average molecular weight is 319 g/mol. The number of aliphatic hydroxyl groups excluding tert-OH is 1. The molecule has 22 heavy (non-hydrogen) atoms. The Morgan fingerprint density at radius 3 is 1.95 bits per heavy atom. The molecule has 0 saturated heterocycles. The molecule has 0 fully saturated rings. The van der Waals surface area contributed by atoms with Crippen molar-refractivity contribution in [2.45, 2.75) is 38.4 Å². The molecule has 0 aliphatic carbocycles. The summed E-state index contributed by atoms with van der Waals surface area (Å²) in [7, 11) is 0. The summed E-state index contributed by atoms with van der Waals surface area (Å²) in [6.07, 6.45) is -0.644. The van der Waals surface area contributed by atoms with E-state index in [0.29, 0.717) is 0 Å². The zero-order valence-electron chi connectivity index (χ0n) is 12.3. The minimum atomic E-state index is -1.42. The van der Waals surface area contributed by atoms with Crippen LogP contribution in [-0.2, 0) is 19.2 Å². The fraction of sp³-hybridized carbons (Fsp3) is 0.667. The summed E-state index contributed by atoms with van der Waals surface area (Å²) in [5, 5.41) is 30.9. The Hall–Kier alpha value is -2.20. The summed E-state index contributed by atoms with van der Waals surface area (Å²) >= 11 is 0. The average Bonchev–Trinajstić information content (AvgIpc) is 2.39. The van der Waals surface area contributed by atoms with E-state index >= 15 is 0 Å². The van der Waals surface area contributed by atoms with Gasteiger partial charge in [0.05, 0.1) is 19.1 Å². The fourth-order valence-electron chi connectivity index (χ4n) is 1.52. The largest absolute Gasteiger partial charge is 0.481 e. The molecule has 10 nitrogen and oxygen atoms in total. The van der Waals surface area contributed by atoms with E-state index in [1.54, 1.807) is 13.8 Å². The van der Waals surface area contributed by atoms with Crippen LogP contribution in [0, 0.1) is 5.92 Å². The van der Waals surface area contributed by atoms with Gasteiger partial charge in [0.25, 0.3) is 0 Å². The molecular weight excluding hydrogens is 298 g/mol. The molecular formula is C12H21N3O7. The lowest BCUT2D eigenvalue weighted by Gasteiger charge is -2.22. The number of nitrogens with one attached hydrogen (secondary N) is 2. The summed E-state index contributed by atoms with van der Waals surface area (Å²) in [5.41, 5.74) is 5.32. The Labute approximate surface area is 126 Å². The standard InChI is InChI=1S/C12H21N3O7/c1-5(2)9(12(21)22)15-11(20)7(4-16)14-10(19)6(13)3-8(17)18/h5-7,9,16H,3-4,13H2,1-2H3,(H,14,19)(H,15,20)(H,17,18)(H,21,22). The second-order valence-electron chi connectivity index (χ2n) is 5.02. The van der Waals surface area contributed by atoms with Gasteiger partial charge in [-0.1, -0.05) is 13.8 Å². The van der Waals surface area contributed by atoms with Crippen molar-refractivity contribution in [3.63, 3.8) is 0 Å². The minimum Gasteiger partial charge on any atom is -0.481 e. The van der Waals surface area contributed by atoms with Crippen LogP contribution in [0.15, 0.2) is 0 Å². The molecule has 0 saturated carbocycles. The topological polar surface area (TPSA) is 179 Å². The number of amides is 2. The predicted octanol–water partition coefficient (Wildman–Crippen LogP) is -2.51. The normalized spacial score (nSPS) is 14.8. The molecule has 3 unspecified atom stereocenters. The van der Waals surface area contributed by atoms with Gasteiger partial charge >= 0.3 is 11.9 Å². The van der Waals surface area contributed by atoms with Gasteiger partial charge in [0.1, 0.15) is 12.1 Å². The Morgan fingerprint density at radius 2 is 1.59 bits per heavy atom. The van der Waals surface area contributed by atoms with Crippen molar-refractivity contribution >= 4 is 23.8 Å². The van der Waals surface area contributed by atoms with E-state index < -0.39 is 60.8 Å². The van der Waals surface area contributed by atoms with Crippen molar-refractivity contribution in [1.29, 1.82) is 0 Å². The molecule has 0 aromatic heterocycles. The highest BCUT2D eigenvalue weighted by molar-refractivity contribution is 5.93. The molecule has 126 valence electrons. The van der Waals surface area contributed by atoms with Crippen LogP contribution in [0.4, 0.5) is 0 Å². The number of aliphatic carboxylic acids is 2. The number of carbonyl (C=O) groups excluding carboxylic acids is 2. The van der Waals surface area contributed by atoms with Gasteiger partial charge in [-0.05, 0) is 5.92 Å². The van der Waals surface area contributed by atoms with E-state index in [0.717, 1.165) is 0 Å². The highest BCUT2D eigenvalue weighted by Gasteiger charge is 2.29. The van der Waals surface area contributed by atoms with Crippen LogP contribution in [0.25, 0.3) is 0 Å². The van der Waals surface area contributed by atoms with Gasteiger partial charge in [0.2, 0.25) is 11.8 Å². The van der Waals surface area contributed by atoms with Gasteiger partial charge in [0, 0.05) is 0 Å². The van der Waals surface area contributed by atoms with E-state index in [9.17, 15) is 19.2 Å². The molecule has 3 atom stereocenters. The Kier molecular flexibility index (Phi) is 8.05. The second kappa shape index (κ2) is 8.95. The van der Waals surface area contributed by atoms with Crippen LogP contribution in [0.5, 0.6) is 0 Å². The molecule has 0 spiro atoms. The number of nitrogens with two attached hydrogens (primary N) is 1. The Bertz CT molecular complexity index is 438. The SMILES string of the molecule is CC(C)C(NC(=O)C(CO)NC(=O)C(N)CC(=O)O)C(=O)O. The van der Waals surface area contributed by atoms with Crippen molar-refractivity contribution in [1.82, 2.24) is 10.6 Å². The summed E-state index contributed by atoms with van der Waals surface area (Å²) in [4.78, 5) is 44.9. The van der Waals surface area contributed by atoms with Gasteiger partial charge in [-0.25, -0.2) is 4.79 Å². The molecule has 0 aliphatic heterocycles. The van der Waals surface area contributed by atoms with E-state index in [1.807, 2.05) is 0 Å². The smallest absolute Gasteiger partial charge is 0.326 e. The van der Waals surface area contributed by atoms with Gasteiger partial charge in [-0.15, -0.1) is 0 Å². The molecule has 0 bridgehead atoms. The maximum absolute atomic E-state index is 11.9. The first-order chi connectivity index (χ1) is 10.1. The van der Waals surface area contributed by atoms with E-state index in [4.69, 9.17) is 21.1 Å². The lowest BCUT2D eigenvalue weighted by Crippen LogP contribution is -2.56. The number of carboxylic acid groups (broad SMARTS) is 2. The molecule has 0 aliphatic rings. The van der Waals surface area contributed by atoms with Crippen LogP contribution in [-0.4, -0.2) is 63.8 Å².